The summed E-state index contributed by atoms with van der Waals surface area (Å²) in [5.74, 6) is 0. The van der Waals surface area contributed by atoms with Gasteiger partial charge in [-0.1, -0.05) is 30.3 Å². The van der Waals surface area contributed by atoms with E-state index < -0.39 is 0 Å². The minimum Gasteiger partial charge on any atom is -0.379 e. The van der Waals surface area contributed by atoms with Gasteiger partial charge in [0.1, 0.15) is 0 Å². The summed E-state index contributed by atoms with van der Waals surface area (Å²) < 4.78 is 1.42. The predicted molar refractivity (Wildman–Crippen MR) is 70.5 cm³/mol. The SMILES string of the molecule is ClN1CC2=C(C=N1)NCC(c1ccccc1)=C2. The van der Waals surface area contributed by atoms with Crippen molar-refractivity contribution < 1.29 is 0 Å². The largest absolute Gasteiger partial charge is 0.379 e. The zero-order chi connectivity index (χ0) is 11.7. The van der Waals surface area contributed by atoms with E-state index in [1.807, 2.05) is 6.07 Å². The minimum absolute atomic E-state index is 0.636. The Kier molecular flexibility index (Phi) is 2.61. The first-order valence-corrected chi connectivity index (χ1v) is 5.87. The Hall–Kier alpha value is -1.74. The lowest BCUT2D eigenvalue weighted by molar-refractivity contribution is 0.521. The van der Waals surface area contributed by atoms with Crippen molar-refractivity contribution in [1.82, 2.24) is 9.84 Å². The molecular formula is C13H12ClN3. The van der Waals surface area contributed by atoms with Gasteiger partial charge in [-0.25, -0.2) is 4.53 Å². The lowest BCUT2D eigenvalue weighted by Gasteiger charge is -2.25. The third-order valence-electron chi connectivity index (χ3n) is 2.92. The van der Waals surface area contributed by atoms with Crippen LogP contribution < -0.4 is 5.32 Å². The van der Waals surface area contributed by atoms with Crippen LogP contribution in [-0.2, 0) is 0 Å². The molecule has 2 heterocycles. The first kappa shape index (κ1) is 10.4. The molecule has 1 aromatic rings. The van der Waals surface area contributed by atoms with E-state index in [4.69, 9.17) is 11.8 Å². The second-order valence-corrected chi connectivity index (χ2v) is 4.46. The molecule has 1 aromatic carbocycles. The maximum absolute atomic E-state index is 5.87. The lowest BCUT2D eigenvalue weighted by Crippen LogP contribution is -2.28. The van der Waals surface area contributed by atoms with Gasteiger partial charge in [0.05, 0.1) is 18.5 Å². The topological polar surface area (TPSA) is 27.6 Å². The van der Waals surface area contributed by atoms with Crippen molar-refractivity contribution in [2.45, 2.75) is 0 Å². The molecule has 3 rings (SSSR count). The predicted octanol–water partition coefficient (Wildman–Crippen LogP) is 2.38. The molecule has 0 aromatic heterocycles. The average molecular weight is 246 g/mol. The molecule has 0 radical (unpaired) electrons. The molecule has 0 amide bonds. The quantitative estimate of drug-likeness (QED) is 0.770. The van der Waals surface area contributed by atoms with E-state index in [0.717, 1.165) is 12.2 Å². The number of benzene rings is 1. The third kappa shape index (κ3) is 2.06. The van der Waals surface area contributed by atoms with Gasteiger partial charge in [-0.15, -0.1) is 0 Å². The Labute approximate surface area is 105 Å². The number of rotatable bonds is 1. The van der Waals surface area contributed by atoms with Crippen molar-refractivity contribution >= 4 is 23.6 Å². The van der Waals surface area contributed by atoms with Crippen LogP contribution in [0.5, 0.6) is 0 Å². The number of hydrogen-bond donors (Lipinski definition) is 1. The molecule has 0 saturated carbocycles. The van der Waals surface area contributed by atoms with Crippen molar-refractivity contribution in [2.75, 3.05) is 13.1 Å². The maximum Gasteiger partial charge on any atom is 0.0809 e. The molecule has 0 aliphatic carbocycles. The van der Waals surface area contributed by atoms with Gasteiger partial charge in [0.25, 0.3) is 0 Å². The summed E-state index contributed by atoms with van der Waals surface area (Å²) in [7, 11) is 0. The molecule has 2 aliphatic heterocycles. The zero-order valence-electron chi connectivity index (χ0n) is 9.23. The van der Waals surface area contributed by atoms with Crippen LogP contribution in [-0.4, -0.2) is 23.8 Å². The van der Waals surface area contributed by atoms with Gasteiger partial charge in [-0.3, -0.25) is 0 Å². The summed E-state index contributed by atoms with van der Waals surface area (Å²) in [5, 5.41) is 7.40. The molecule has 2 aliphatic rings. The van der Waals surface area contributed by atoms with Gasteiger partial charge in [-0.05, 0) is 22.8 Å². The van der Waals surface area contributed by atoms with Crippen LogP contribution in [0.15, 0.2) is 52.8 Å². The van der Waals surface area contributed by atoms with Crippen LogP contribution >= 0.6 is 11.8 Å². The average Bonchev–Trinajstić information content (AvgIpc) is 2.39. The summed E-state index contributed by atoms with van der Waals surface area (Å²) in [6.45, 7) is 1.47. The van der Waals surface area contributed by atoms with E-state index in [2.05, 4.69) is 40.8 Å². The lowest BCUT2D eigenvalue weighted by atomic mass is 9.98. The van der Waals surface area contributed by atoms with Crippen molar-refractivity contribution in [3.05, 3.63) is 53.2 Å². The molecule has 1 N–H and O–H groups in total. The van der Waals surface area contributed by atoms with Gasteiger partial charge in [-0.2, -0.15) is 5.10 Å². The van der Waals surface area contributed by atoms with Crippen LogP contribution in [0.4, 0.5) is 0 Å². The Bertz CT molecular complexity index is 517. The maximum atomic E-state index is 5.87. The van der Waals surface area contributed by atoms with Crippen molar-refractivity contribution in [1.29, 1.82) is 0 Å². The second-order valence-electron chi connectivity index (χ2n) is 4.07. The van der Waals surface area contributed by atoms with Crippen LogP contribution in [0.25, 0.3) is 5.57 Å². The third-order valence-corrected chi connectivity index (χ3v) is 3.13. The highest BCUT2D eigenvalue weighted by molar-refractivity contribution is 6.14. The highest BCUT2D eigenvalue weighted by Crippen LogP contribution is 2.23. The van der Waals surface area contributed by atoms with Gasteiger partial charge in [0.15, 0.2) is 0 Å². The zero-order valence-corrected chi connectivity index (χ0v) is 9.98. The first-order chi connectivity index (χ1) is 8.33. The molecule has 17 heavy (non-hydrogen) atoms. The van der Waals surface area contributed by atoms with Crippen LogP contribution in [0, 0.1) is 0 Å². The number of nitrogens with one attached hydrogen (secondary N) is 1. The van der Waals surface area contributed by atoms with Crippen molar-refractivity contribution in [3.63, 3.8) is 0 Å². The monoisotopic (exact) mass is 245 g/mol. The summed E-state index contributed by atoms with van der Waals surface area (Å²) in [6.07, 6.45) is 3.96. The highest BCUT2D eigenvalue weighted by atomic mass is 35.5. The van der Waals surface area contributed by atoms with Gasteiger partial charge in [0.2, 0.25) is 0 Å². The van der Waals surface area contributed by atoms with Gasteiger partial charge < -0.3 is 5.32 Å². The molecule has 3 nitrogen and oxygen atoms in total. The fourth-order valence-electron chi connectivity index (χ4n) is 2.04. The summed E-state index contributed by atoms with van der Waals surface area (Å²) in [6, 6.07) is 10.4. The molecule has 0 bridgehead atoms. The van der Waals surface area contributed by atoms with Crippen LogP contribution in [0.1, 0.15) is 5.56 Å². The van der Waals surface area contributed by atoms with E-state index in [0.29, 0.717) is 6.54 Å². The molecular weight excluding hydrogens is 234 g/mol. The normalized spacial score (nSPS) is 18.6. The Morgan fingerprint density at radius 3 is 2.88 bits per heavy atom. The number of nitrogens with zero attached hydrogens (tertiary/aromatic N) is 2. The summed E-state index contributed by atoms with van der Waals surface area (Å²) in [4.78, 5) is 0. The highest BCUT2D eigenvalue weighted by Gasteiger charge is 2.17. The Morgan fingerprint density at radius 2 is 2.06 bits per heavy atom. The number of hydrazone groups is 1. The van der Waals surface area contributed by atoms with E-state index in [1.165, 1.54) is 21.2 Å². The van der Waals surface area contributed by atoms with Crippen LogP contribution in [0.2, 0.25) is 0 Å². The fourth-order valence-corrected chi connectivity index (χ4v) is 2.21. The van der Waals surface area contributed by atoms with Gasteiger partial charge in [0, 0.05) is 18.3 Å². The summed E-state index contributed by atoms with van der Waals surface area (Å²) >= 11 is 5.87. The number of hydrogen-bond acceptors (Lipinski definition) is 3. The van der Waals surface area contributed by atoms with E-state index in [9.17, 15) is 0 Å². The fraction of sp³-hybridized carbons (Fsp3) is 0.154. The van der Waals surface area contributed by atoms with Crippen molar-refractivity contribution in [3.8, 4) is 0 Å². The number of dihydropyridines is 1. The molecule has 0 unspecified atom stereocenters. The standard InChI is InChI=1S/C13H12ClN3/c14-17-9-12-6-11(7-15-13(12)8-16-17)10-4-2-1-3-5-10/h1-6,8,15H,7,9H2. The summed E-state index contributed by atoms with van der Waals surface area (Å²) in [5.41, 5.74) is 4.78. The van der Waals surface area contributed by atoms with E-state index >= 15 is 0 Å². The molecule has 4 heteroatoms. The second kappa shape index (κ2) is 4.26. The van der Waals surface area contributed by atoms with E-state index in [-0.39, 0.29) is 0 Å². The minimum atomic E-state index is 0.636. The first-order valence-electron chi connectivity index (χ1n) is 5.53. The molecule has 0 fully saturated rings. The molecule has 0 saturated heterocycles. The molecule has 0 atom stereocenters. The number of halogens is 1. The van der Waals surface area contributed by atoms with Crippen LogP contribution in [0.3, 0.4) is 0 Å². The number of allylic oxidation sites excluding steroid dienone is 1. The Morgan fingerprint density at radius 1 is 1.24 bits per heavy atom. The molecule has 0 spiro atoms. The molecule has 86 valence electrons. The smallest absolute Gasteiger partial charge is 0.0809 e. The van der Waals surface area contributed by atoms with Gasteiger partial charge >= 0.3 is 0 Å². The van der Waals surface area contributed by atoms with E-state index in [1.54, 1.807) is 6.21 Å². The Balaban J connectivity index is 1.95. The van der Waals surface area contributed by atoms with Crippen molar-refractivity contribution in [2.24, 2.45) is 5.10 Å².